The number of nitrogens with one attached hydrogen (secondary N) is 1. The first-order valence-corrected chi connectivity index (χ1v) is 7.46. The Balaban J connectivity index is 2.33. The van der Waals surface area contributed by atoms with Crippen molar-refractivity contribution >= 4 is 23.2 Å². The second kappa shape index (κ2) is 7.53. The summed E-state index contributed by atoms with van der Waals surface area (Å²) in [6.07, 6.45) is -2.52. The van der Waals surface area contributed by atoms with Crippen LogP contribution in [0.25, 0.3) is 0 Å². The standard InChI is InChI=1S/C16H14ClF3N2O2/c1-2-7-24-13-4-3-11(16(18,19)20)9-12(13)22-15(23)10-5-6-21-14(17)8-10/h3-6,8-9H,2,7H2,1H3,(H,22,23). The number of alkyl halides is 3. The van der Waals surface area contributed by atoms with Crippen molar-refractivity contribution in [3.05, 3.63) is 52.8 Å². The molecule has 8 heteroatoms. The number of benzene rings is 1. The summed E-state index contributed by atoms with van der Waals surface area (Å²) in [5.41, 5.74) is -0.764. The number of nitrogens with zero attached hydrogens (tertiary/aromatic N) is 1. The van der Waals surface area contributed by atoms with Crippen LogP contribution < -0.4 is 10.1 Å². The summed E-state index contributed by atoms with van der Waals surface area (Å²) in [5.74, 6) is -0.446. The Morgan fingerprint density at radius 2 is 2.04 bits per heavy atom. The normalized spacial score (nSPS) is 11.2. The molecule has 24 heavy (non-hydrogen) atoms. The lowest BCUT2D eigenvalue weighted by Gasteiger charge is -2.15. The second-order valence-corrected chi connectivity index (χ2v) is 5.27. The SMILES string of the molecule is CCCOc1ccc(C(F)(F)F)cc1NC(=O)c1ccnc(Cl)c1. The molecule has 0 fully saturated rings. The van der Waals surface area contributed by atoms with Crippen molar-refractivity contribution < 1.29 is 22.7 Å². The lowest BCUT2D eigenvalue weighted by atomic mass is 10.1. The minimum atomic E-state index is -4.53. The molecule has 0 aliphatic carbocycles. The Morgan fingerprint density at radius 3 is 2.67 bits per heavy atom. The molecule has 0 atom stereocenters. The van der Waals surface area contributed by atoms with E-state index in [0.717, 1.165) is 12.1 Å². The molecule has 2 rings (SSSR count). The van der Waals surface area contributed by atoms with Crippen molar-refractivity contribution in [3.8, 4) is 5.75 Å². The van der Waals surface area contributed by atoms with Crippen LogP contribution in [-0.4, -0.2) is 17.5 Å². The number of amides is 1. The fraction of sp³-hybridized carbons (Fsp3) is 0.250. The predicted molar refractivity (Wildman–Crippen MR) is 84.4 cm³/mol. The highest BCUT2D eigenvalue weighted by Gasteiger charge is 2.31. The van der Waals surface area contributed by atoms with Gasteiger partial charge in [0.1, 0.15) is 10.9 Å². The van der Waals surface area contributed by atoms with Crippen LogP contribution in [0.1, 0.15) is 29.3 Å². The van der Waals surface area contributed by atoms with Gasteiger partial charge in [-0.2, -0.15) is 13.2 Å². The number of rotatable bonds is 5. The molecule has 1 amide bonds. The number of carbonyl (C=O) groups is 1. The van der Waals surface area contributed by atoms with E-state index in [9.17, 15) is 18.0 Å². The van der Waals surface area contributed by atoms with Gasteiger partial charge in [-0.3, -0.25) is 4.79 Å². The van der Waals surface area contributed by atoms with Gasteiger partial charge in [-0.05, 0) is 36.8 Å². The van der Waals surface area contributed by atoms with E-state index in [4.69, 9.17) is 16.3 Å². The van der Waals surface area contributed by atoms with Gasteiger partial charge in [0.15, 0.2) is 0 Å². The molecular weight excluding hydrogens is 345 g/mol. The van der Waals surface area contributed by atoms with E-state index >= 15 is 0 Å². The predicted octanol–water partition coefficient (Wildman–Crippen LogP) is 4.79. The third kappa shape index (κ3) is 4.61. The Kier molecular flexibility index (Phi) is 5.66. The molecule has 1 aromatic heterocycles. The van der Waals surface area contributed by atoms with Gasteiger partial charge in [-0.25, -0.2) is 4.98 Å². The highest BCUT2D eigenvalue weighted by molar-refractivity contribution is 6.29. The number of ether oxygens (including phenoxy) is 1. The Morgan fingerprint density at radius 1 is 1.29 bits per heavy atom. The van der Waals surface area contributed by atoms with Gasteiger partial charge in [0, 0.05) is 11.8 Å². The van der Waals surface area contributed by atoms with E-state index < -0.39 is 17.6 Å². The first-order chi connectivity index (χ1) is 11.3. The third-order valence-corrected chi connectivity index (χ3v) is 3.21. The summed E-state index contributed by atoms with van der Waals surface area (Å²) >= 11 is 5.71. The molecule has 0 radical (unpaired) electrons. The fourth-order valence-electron chi connectivity index (χ4n) is 1.88. The van der Waals surface area contributed by atoms with E-state index in [1.54, 1.807) is 0 Å². The molecule has 128 valence electrons. The van der Waals surface area contributed by atoms with Gasteiger partial charge in [0.2, 0.25) is 0 Å². The number of hydrogen-bond donors (Lipinski definition) is 1. The number of hydrogen-bond acceptors (Lipinski definition) is 3. The Labute approximate surface area is 141 Å². The molecule has 0 unspecified atom stereocenters. The summed E-state index contributed by atoms with van der Waals surface area (Å²) in [4.78, 5) is 16.0. The zero-order valence-corrected chi connectivity index (χ0v) is 13.4. The van der Waals surface area contributed by atoms with Gasteiger partial charge in [0.05, 0.1) is 17.9 Å². The summed E-state index contributed by atoms with van der Waals surface area (Å²) < 4.78 is 44.1. The number of aromatic nitrogens is 1. The van der Waals surface area contributed by atoms with Crippen molar-refractivity contribution in [2.45, 2.75) is 19.5 Å². The van der Waals surface area contributed by atoms with Gasteiger partial charge in [-0.15, -0.1) is 0 Å². The summed E-state index contributed by atoms with van der Waals surface area (Å²) in [6, 6.07) is 5.65. The van der Waals surface area contributed by atoms with Crippen LogP contribution in [0.2, 0.25) is 5.15 Å². The Hall–Kier alpha value is -2.28. The van der Waals surface area contributed by atoms with Crippen molar-refractivity contribution in [3.63, 3.8) is 0 Å². The van der Waals surface area contributed by atoms with E-state index in [1.165, 1.54) is 24.4 Å². The topological polar surface area (TPSA) is 51.2 Å². The molecule has 0 aliphatic rings. The fourth-order valence-corrected chi connectivity index (χ4v) is 2.05. The van der Waals surface area contributed by atoms with Gasteiger partial charge in [0.25, 0.3) is 5.91 Å². The maximum Gasteiger partial charge on any atom is 0.416 e. The number of carbonyl (C=O) groups excluding carboxylic acids is 1. The molecule has 1 heterocycles. The zero-order valence-electron chi connectivity index (χ0n) is 12.7. The second-order valence-electron chi connectivity index (χ2n) is 4.88. The van der Waals surface area contributed by atoms with Gasteiger partial charge in [-0.1, -0.05) is 18.5 Å². The number of pyridine rings is 1. The average molecular weight is 359 g/mol. The Bertz CT molecular complexity index is 736. The summed E-state index contributed by atoms with van der Waals surface area (Å²) in [6.45, 7) is 2.18. The van der Waals surface area contributed by atoms with Crippen LogP contribution in [0.5, 0.6) is 5.75 Å². The maximum atomic E-state index is 12.9. The largest absolute Gasteiger partial charge is 0.491 e. The molecule has 0 spiro atoms. The average Bonchev–Trinajstić information content (AvgIpc) is 2.52. The maximum absolute atomic E-state index is 12.9. The van der Waals surface area contributed by atoms with E-state index in [-0.39, 0.29) is 22.2 Å². The van der Waals surface area contributed by atoms with Crippen molar-refractivity contribution in [2.24, 2.45) is 0 Å². The van der Waals surface area contributed by atoms with Crippen molar-refractivity contribution in [2.75, 3.05) is 11.9 Å². The van der Waals surface area contributed by atoms with E-state index in [2.05, 4.69) is 10.3 Å². The van der Waals surface area contributed by atoms with Crippen LogP contribution in [0.4, 0.5) is 18.9 Å². The molecular formula is C16H14ClF3N2O2. The van der Waals surface area contributed by atoms with Crippen LogP contribution in [-0.2, 0) is 6.18 Å². The molecule has 1 N–H and O–H groups in total. The highest BCUT2D eigenvalue weighted by Crippen LogP contribution is 2.35. The third-order valence-electron chi connectivity index (χ3n) is 3.01. The monoisotopic (exact) mass is 358 g/mol. The minimum Gasteiger partial charge on any atom is -0.491 e. The molecule has 2 aromatic rings. The molecule has 0 saturated carbocycles. The summed E-state index contributed by atoms with van der Waals surface area (Å²) in [5, 5.41) is 2.53. The quantitative estimate of drug-likeness (QED) is 0.781. The minimum absolute atomic E-state index is 0.0591. The van der Waals surface area contributed by atoms with E-state index in [1.807, 2.05) is 6.92 Å². The molecule has 4 nitrogen and oxygen atoms in total. The van der Waals surface area contributed by atoms with Gasteiger partial charge < -0.3 is 10.1 Å². The molecule has 1 aromatic carbocycles. The van der Waals surface area contributed by atoms with Gasteiger partial charge >= 0.3 is 6.18 Å². The highest BCUT2D eigenvalue weighted by atomic mass is 35.5. The van der Waals surface area contributed by atoms with E-state index in [0.29, 0.717) is 13.0 Å². The summed E-state index contributed by atoms with van der Waals surface area (Å²) in [7, 11) is 0. The van der Waals surface area contributed by atoms with Crippen LogP contribution in [0, 0.1) is 0 Å². The van der Waals surface area contributed by atoms with Crippen LogP contribution >= 0.6 is 11.6 Å². The van der Waals surface area contributed by atoms with Crippen LogP contribution in [0.15, 0.2) is 36.5 Å². The van der Waals surface area contributed by atoms with Crippen LogP contribution in [0.3, 0.4) is 0 Å². The smallest absolute Gasteiger partial charge is 0.416 e. The van der Waals surface area contributed by atoms with Crippen molar-refractivity contribution in [1.29, 1.82) is 0 Å². The lowest BCUT2D eigenvalue weighted by Crippen LogP contribution is -2.14. The van der Waals surface area contributed by atoms with Crippen molar-refractivity contribution in [1.82, 2.24) is 4.98 Å². The molecule has 0 saturated heterocycles. The first kappa shape index (κ1) is 18.1. The number of anilines is 1. The first-order valence-electron chi connectivity index (χ1n) is 7.08. The zero-order chi connectivity index (χ0) is 17.7. The molecule has 0 aliphatic heterocycles. The number of halogens is 4. The molecule has 0 bridgehead atoms. The lowest BCUT2D eigenvalue weighted by molar-refractivity contribution is -0.137.